The van der Waals surface area contributed by atoms with Gasteiger partial charge in [0, 0.05) is 0 Å². The smallest absolute Gasteiger partial charge is 0.344 e. The van der Waals surface area contributed by atoms with Gasteiger partial charge in [-0.1, -0.05) is 18.2 Å². The maximum absolute atomic E-state index is 13.5. The largest absolute Gasteiger partial charge is 0.493 e. The molecule has 33 heavy (non-hydrogen) atoms. The summed E-state index contributed by atoms with van der Waals surface area (Å²) < 4.78 is 54.9. The van der Waals surface area contributed by atoms with E-state index in [0.717, 1.165) is 11.6 Å². The van der Waals surface area contributed by atoms with Crippen LogP contribution in [0.2, 0.25) is 0 Å². The minimum Gasteiger partial charge on any atom is -0.493 e. The molecule has 11 heteroatoms. The van der Waals surface area contributed by atoms with E-state index in [1.165, 1.54) is 7.11 Å². The van der Waals surface area contributed by atoms with Crippen molar-refractivity contribution in [2.75, 3.05) is 32.2 Å². The normalized spacial score (nSPS) is 10.6. The zero-order chi connectivity index (χ0) is 24.4. The van der Waals surface area contributed by atoms with E-state index in [9.17, 15) is 27.6 Å². The first-order valence-corrected chi connectivity index (χ1v) is 9.54. The molecule has 0 aliphatic heterocycles. The van der Waals surface area contributed by atoms with Crippen molar-refractivity contribution in [1.82, 2.24) is 5.32 Å². The lowest BCUT2D eigenvalue weighted by molar-refractivity contribution is -0.150. The molecule has 2 aromatic rings. The number of carbonyl (C=O) groups excluding carboxylic acids is 3. The van der Waals surface area contributed by atoms with Crippen molar-refractivity contribution < 1.29 is 41.8 Å². The number of esters is 1. The lowest BCUT2D eigenvalue weighted by Crippen LogP contribution is -2.36. The van der Waals surface area contributed by atoms with E-state index in [-0.39, 0.29) is 0 Å². The van der Waals surface area contributed by atoms with Gasteiger partial charge >= 0.3 is 5.97 Å². The zero-order valence-corrected chi connectivity index (χ0v) is 17.7. The second kappa shape index (κ2) is 12.1. The van der Waals surface area contributed by atoms with Gasteiger partial charge in [0.25, 0.3) is 5.91 Å². The van der Waals surface area contributed by atoms with Gasteiger partial charge in [0.05, 0.1) is 19.3 Å². The average molecular weight is 466 g/mol. The molecule has 0 bridgehead atoms. The number of benzene rings is 2. The highest BCUT2D eigenvalue weighted by Crippen LogP contribution is 2.28. The van der Waals surface area contributed by atoms with Crippen LogP contribution in [0.25, 0.3) is 6.08 Å². The van der Waals surface area contributed by atoms with Crippen LogP contribution < -0.4 is 20.1 Å². The second-order valence-corrected chi connectivity index (χ2v) is 6.41. The molecule has 0 saturated heterocycles. The number of rotatable bonds is 10. The Morgan fingerprint density at radius 3 is 2.42 bits per heavy atom. The predicted molar refractivity (Wildman–Crippen MR) is 112 cm³/mol. The molecular weight excluding hydrogens is 445 g/mol. The van der Waals surface area contributed by atoms with E-state index < -0.39 is 60.7 Å². The third kappa shape index (κ3) is 7.56. The number of carbonyl (C=O) groups is 3. The summed E-state index contributed by atoms with van der Waals surface area (Å²) in [5, 5.41) is 4.11. The third-order valence-electron chi connectivity index (χ3n) is 4.01. The fourth-order valence-corrected chi connectivity index (χ4v) is 2.47. The molecule has 0 aromatic heterocycles. The summed E-state index contributed by atoms with van der Waals surface area (Å²) in [5.74, 6) is -6.59. The zero-order valence-electron chi connectivity index (χ0n) is 17.7. The summed E-state index contributed by atoms with van der Waals surface area (Å²) in [7, 11) is 1.45. The predicted octanol–water partition coefficient (Wildman–Crippen LogP) is 2.82. The van der Waals surface area contributed by atoms with Crippen LogP contribution in [0.4, 0.5) is 18.9 Å². The molecule has 176 valence electrons. The fourth-order valence-electron chi connectivity index (χ4n) is 2.47. The Morgan fingerprint density at radius 1 is 0.970 bits per heavy atom. The summed E-state index contributed by atoms with van der Waals surface area (Å²) in [5.41, 5.74) is 0.281. The highest BCUT2D eigenvalue weighted by molar-refractivity contribution is 5.95. The molecule has 0 heterocycles. The number of methoxy groups -OCH3 is 1. The Morgan fingerprint density at radius 2 is 1.73 bits per heavy atom. The third-order valence-corrected chi connectivity index (χ3v) is 4.01. The highest BCUT2D eigenvalue weighted by atomic mass is 19.2. The Balaban J connectivity index is 1.74. The van der Waals surface area contributed by atoms with E-state index in [1.807, 2.05) is 24.4 Å². The standard InChI is InChI=1S/C22H21F3N2O6/c1-3-4-13-5-8-16(17(9-13)31-2)32-12-20(30)33-11-19(29)26-10-18(28)27-15-7-6-14(23)21(24)22(15)25/h3-9H,10-12H2,1-2H3,(H,26,29)(H,27,28)/b4-3+. The van der Waals surface area contributed by atoms with Crippen LogP contribution in [0.5, 0.6) is 11.5 Å². The first kappa shape index (κ1) is 25.2. The summed E-state index contributed by atoms with van der Waals surface area (Å²) in [6.45, 7) is 0.0396. The van der Waals surface area contributed by atoms with Crippen LogP contribution in [0.3, 0.4) is 0 Å². The van der Waals surface area contributed by atoms with Crippen LogP contribution in [0, 0.1) is 17.5 Å². The Bertz CT molecular complexity index is 1060. The Kier molecular flexibility index (Phi) is 9.28. The number of nitrogens with one attached hydrogen (secondary N) is 2. The SMILES string of the molecule is C/C=C/c1ccc(OCC(=O)OCC(=O)NCC(=O)Nc2ccc(F)c(F)c2F)c(OC)c1. The molecule has 0 fully saturated rings. The topological polar surface area (TPSA) is 103 Å². The quantitative estimate of drug-likeness (QED) is 0.412. The van der Waals surface area contributed by atoms with Gasteiger partial charge in [-0.25, -0.2) is 18.0 Å². The number of halogens is 3. The molecule has 0 saturated carbocycles. The number of ether oxygens (including phenoxy) is 3. The molecule has 2 aromatic carbocycles. The lowest BCUT2D eigenvalue weighted by Gasteiger charge is -2.11. The summed E-state index contributed by atoms with van der Waals surface area (Å²) >= 11 is 0. The monoisotopic (exact) mass is 466 g/mol. The lowest BCUT2D eigenvalue weighted by atomic mass is 10.2. The van der Waals surface area contributed by atoms with Gasteiger partial charge in [-0.2, -0.15) is 0 Å². The van der Waals surface area contributed by atoms with Gasteiger partial charge < -0.3 is 24.8 Å². The van der Waals surface area contributed by atoms with Gasteiger partial charge in [0.2, 0.25) is 5.91 Å². The van der Waals surface area contributed by atoms with Crippen molar-refractivity contribution in [3.05, 3.63) is 59.4 Å². The maximum Gasteiger partial charge on any atom is 0.344 e. The molecule has 2 rings (SSSR count). The van der Waals surface area contributed by atoms with E-state index in [1.54, 1.807) is 18.2 Å². The van der Waals surface area contributed by atoms with Gasteiger partial charge in [-0.15, -0.1) is 0 Å². The van der Waals surface area contributed by atoms with Crippen LogP contribution in [-0.4, -0.2) is 44.7 Å². The Hall–Kier alpha value is -4.02. The summed E-state index contributed by atoms with van der Waals surface area (Å²) in [6.07, 6.45) is 3.70. The van der Waals surface area contributed by atoms with Crippen LogP contribution in [-0.2, 0) is 19.1 Å². The molecule has 2 amide bonds. The molecule has 0 unspecified atom stereocenters. The number of allylic oxidation sites excluding steroid dienone is 1. The van der Waals surface area contributed by atoms with E-state index in [4.69, 9.17) is 14.2 Å². The Labute approximate surface area is 187 Å². The number of hydrogen-bond donors (Lipinski definition) is 2. The molecule has 0 aliphatic rings. The van der Waals surface area contributed by atoms with E-state index in [0.29, 0.717) is 17.6 Å². The van der Waals surface area contributed by atoms with Gasteiger partial charge in [-0.05, 0) is 36.8 Å². The summed E-state index contributed by atoms with van der Waals surface area (Å²) in [6, 6.07) is 6.56. The van der Waals surface area contributed by atoms with Crippen molar-refractivity contribution in [1.29, 1.82) is 0 Å². The number of amides is 2. The molecule has 2 N–H and O–H groups in total. The molecular formula is C22H21F3N2O6. The second-order valence-electron chi connectivity index (χ2n) is 6.41. The molecule has 0 radical (unpaired) electrons. The van der Waals surface area contributed by atoms with Crippen molar-refractivity contribution in [3.8, 4) is 11.5 Å². The fraction of sp³-hybridized carbons (Fsp3) is 0.227. The number of anilines is 1. The van der Waals surface area contributed by atoms with Gasteiger partial charge in [-0.3, -0.25) is 9.59 Å². The minimum atomic E-state index is -1.74. The van der Waals surface area contributed by atoms with Crippen LogP contribution in [0.15, 0.2) is 36.4 Å². The molecule has 0 spiro atoms. The molecule has 0 aliphatic carbocycles. The maximum atomic E-state index is 13.5. The van der Waals surface area contributed by atoms with Crippen molar-refractivity contribution in [3.63, 3.8) is 0 Å². The summed E-state index contributed by atoms with van der Waals surface area (Å²) in [4.78, 5) is 35.3. The van der Waals surface area contributed by atoms with Crippen LogP contribution in [0.1, 0.15) is 12.5 Å². The van der Waals surface area contributed by atoms with Crippen molar-refractivity contribution in [2.24, 2.45) is 0 Å². The molecule has 8 nitrogen and oxygen atoms in total. The first-order valence-electron chi connectivity index (χ1n) is 9.54. The van der Waals surface area contributed by atoms with Gasteiger partial charge in [0.15, 0.2) is 42.2 Å². The number of hydrogen-bond acceptors (Lipinski definition) is 6. The van der Waals surface area contributed by atoms with Crippen LogP contribution >= 0.6 is 0 Å². The minimum absolute atomic E-state index is 0.299. The van der Waals surface area contributed by atoms with E-state index >= 15 is 0 Å². The van der Waals surface area contributed by atoms with Crippen molar-refractivity contribution >= 4 is 29.5 Å². The average Bonchev–Trinajstić information content (AvgIpc) is 2.81. The van der Waals surface area contributed by atoms with E-state index in [2.05, 4.69) is 5.32 Å². The first-order chi connectivity index (χ1) is 15.7. The highest BCUT2D eigenvalue weighted by Gasteiger charge is 2.16. The van der Waals surface area contributed by atoms with Gasteiger partial charge in [0.1, 0.15) is 0 Å². The molecule has 0 atom stereocenters. The van der Waals surface area contributed by atoms with Crippen molar-refractivity contribution in [2.45, 2.75) is 6.92 Å².